The van der Waals surface area contributed by atoms with Gasteiger partial charge in [-0.25, -0.2) is 4.39 Å². The van der Waals surface area contributed by atoms with Gasteiger partial charge < -0.3 is 10.6 Å². The Morgan fingerprint density at radius 2 is 1.69 bits per heavy atom. The van der Waals surface area contributed by atoms with E-state index in [0.717, 1.165) is 0 Å². The Balaban J connectivity index is 1.96. The Hall–Kier alpha value is -2.61. The number of benzene rings is 2. The monoisotopic (exact) mass is 388 g/mol. The topological polar surface area (TPSA) is 58.2 Å². The van der Waals surface area contributed by atoms with Gasteiger partial charge in [-0.2, -0.15) is 13.2 Å². The van der Waals surface area contributed by atoms with Crippen molar-refractivity contribution in [2.24, 2.45) is 0 Å². The fourth-order valence-electron chi connectivity index (χ4n) is 2.05. The van der Waals surface area contributed by atoms with Crippen LogP contribution in [-0.4, -0.2) is 24.5 Å². The van der Waals surface area contributed by atoms with Gasteiger partial charge in [0.15, 0.2) is 0 Å². The van der Waals surface area contributed by atoms with Gasteiger partial charge in [0.25, 0.3) is 5.91 Å². The van der Waals surface area contributed by atoms with Crippen molar-refractivity contribution in [1.29, 1.82) is 0 Å². The molecule has 0 aliphatic rings. The molecule has 0 aromatic heterocycles. The van der Waals surface area contributed by atoms with E-state index in [0.29, 0.717) is 5.69 Å². The van der Waals surface area contributed by atoms with Gasteiger partial charge in [0.05, 0.1) is 6.42 Å². The van der Waals surface area contributed by atoms with E-state index < -0.39 is 30.4 Å². The maximum Gasteiger partial charge on any atom is 0.405 e. The molecule has 2 amide bonds. The van der Waals surface area contributed by atoms with Gasteiger partial charge >= 0.3 is 6.18 Å². The number of alkyl halides is 3. The van der Waals surface area contributed by atoms with Gasteiger partial charge in [-0.15, -0.1) is 0 Å². The van der Waals surface area contributed by atoms with Gasteiger partial charge in [0.1, 0.15) is 12.4 Å². The molecule has 0 saturated heterocycles. The first-order valence-corrected chi connectivity index (χ1v) is 7.71. The highest BCUT2D eigenvalue weighted by molar-refractivity contribution is 6.31. The summed E-state index contributed by atoms with van der Waals surface area (Å²) in [5, 5.41) is 4.35. The van der Waals surface area contributed by atoms with Crippen LogP contribution in [0, 0.1) is 5.82 Å². The number of carbonyl (C=O) groups excluding carboxylic acids is 2. The Morgan fingerprint density at radius 1 is 1.04 bits per heavy atom. The third-order valence-corrected chi connectivity index (χ3v) is 3.63. The predicted molar refractivity (Wildman–Crippen MR) is 88.6 cm³/mol. The maximum absolute atomic E-state index is 13.7. The van der Waals surface area contributed by atoms with E-state index in [9.17, 15) is 27.2 Å². The zero-order valence-electron chi connectivity index (χ0n) is 13.2. The lowest BCUT2D eigenvalue weighted by Gasteiger charge is -2.10. The first kappa shape index (κ1) is 19.7. The second kappa shape index (κ2) is 8.18. The van der Waals surface area contributed by atoms with Crippen LogP contribution in [-0.2, 0) is 11.2 Å². The van der Waals surface area contributed by atoms with E-state index in [2.05, 4.69) is 5.32 Å². The molecule has 0 aliphatic carbocycles. The summed E-state index contributed by atoms with van der Waals surface area (Å²) in [5.41, 5.74) is 0.356. The zero-order chi connectivity index (χ0) is 19.3. The van der Waals surface area contributed by atoms with Crippen molar-refractivity contribution in [2.75, 3.05) is 11.9 Å². The molecule has 2 rings (SSSR count). The highest BCUT2D eigenvalue weighted by Gasteiger charge is 2.27. The van der Waals surface area contributed by atoms with Crippen LogP contribution in [0.15, 0.2) is 42.5 Å². The van der Waals surface area contributed by atoms with Crippen LogP contribution in [0.3, 0.4) is 0 Å². The molecule has 0 saturated carbocycles. The van der Waals surface area contributed by atoms with E-state index in [-0.39, 0.29) is 22.6 Å². The van der Waals surface area contributed by atoms with E-state index in [4.69, 9.17) is 11.6 Å². The largest absolute Gasteiger partial charge is 0.405 e. The lowest BCUT2D eigenvalue weighted by molar-refractivity contribution is -0.123. The molecule has 2 aromatic rings. The number of hydrogen-bond donors (Lipinski definition) is 2. The molecule has 0 unspecified atom stereocenters. The van der Waals surface area contributed by atoms with Crippen molar-refractivity contribution >= 4 is 29.1 Å². The molecular formula is C17H13ClF4N2O2. The average Bonchev–Trinajstić information content (AvgIpc) is 2.56. The third-order valence-electron chi connectivity index (χ3n) is 3.28. The second-order valence-electron chi connectivity index (χ2n) is 5.30. The van der Waals surface area contributed by atoms with Crippen LogP contribution < -0.4 is 10.6 Å². The highest BCUT2D eigenvalue weighted by Crippen LogP contribution is 2.20. The smallest absolute Gasteiger partial charge is 0.343 e. The Labute approximate surface area is 151 Å². The molecule has 138 valence electrons. The summed E-state index contributed by atoms with van der Waals surface area (Å²) in [5.74, 6) is -2.03. The summed E-state index contributed by atoms with van der Waals surface area (Å²) >= 11 is 5.85. The van der Waals surface area contributed by atoms with Crippen molar-refractivity contribution in [2.45, 2.75) is 12.6 Å². The molecule has 26 heavy (non-hydrogen) atoms. The minimum Gasteiger partial charge on any atom is -0.343 e. The SMILES string of the molecule is O=C(Cc1c(F)cccc1Cl)Nc1ccc(C(=O)NCC(F)(F)F)cc1. The van der Waals surface area contributed by atoms with Gasteiger partial charge in [0, 0.05) is 21.8 Å². The number of hydrogen-bond acceptors (Lipinski definition) is 2. The molecule has 9 heteroatoms. The Kier molecular flexibility index (Phi) is 6.20. The molecule has 2 N–H and O–H groups in total. The highest BCUT2D eigenvalue weighted by atomic mass is 35.5. The van der Waals surface area contributed by atoms with Crippen LogP contribution in [0.5, 0.6) is 0 Å². The predicted octanol–water partition coefficient (Wildman–Crippen LogP) is 3.95. The zero-order valence-corrected chi connectivity index (χ0v) is 13.9. The standard InChI is InChI=1S/C17H13ClF4N2O2/c18-13-2-1-3-14(19)12(13)8-15(25)24-11-6-4-10(5-7-11)16(26)23-9-17(20,21)22/h1-7H,8-9H2,(H,23,26)(H,24,25). The van der Waals surface area contributed by atoms with Crippen LogP contribution in [0.25, 0.3) is 0 Å². The molecule has 0 heterocycles. The first-order chi connectivity index (χ1) is 12.2. The lowest BCUT2D eigenvalue weighted by Crippen LogP contribution is -2.33. The summed E-state index contributed by atoms with van der Waals surface area (Å²) in [7, 11) is 0. The van der Waals surface area contributed by atoms with Gasteiger partial charge in [0.2, 0.25) is 5.91 Å². The molecule has 0 bridgehead atoms. The number of rotatable bonds is 5. The van der Waals surface area contributed by atoms with Crippen LogP contribution >= 0.6 is 11.6 Å². The molecule has 0 aliphatic heterocycles. The molecule has 0 fully saturated rings. The van der Waals surface area contributed by atoms with Crippen molar-refractivity contribution < 1.29 is 27.2 Å². The van der Waals surface area contributed by atoms with Crippen molar-refractivity contribution in [3.05, 3.63) is 64.4 Å². The van der Waals surface area contributed by atoms with E-state index in [1.54, 1.807) is 5.32 Å². The number of amides is 2. The minimum atomic E-state index is -4.50. The molecule has 2 aromatic carbocycles. The number of anilines is 1. The summed E-state index contributed by atoms with van der Waals surface area (Å²) in [6.45, 7) is -1.44. The van der Waals surface area contributed by atoms with Crippen molar-refractivity contribution in [3.8, 4) is 0 Å². The summed E-state index contributed by atoms with van der Waals surface area (Å²) in [6.07, 6.45) is -4.79. The third kappa shape index (κ3) is 5.73. The fourth-order valence-corrected chi connectivity index (χ4v) is 2.28. The van der Waals surface area contributed by atoms with Crippen LogP contribution in [0.1, 0.15) is 15.9 Å². The van der Waals surface area contributed by atoms with Crippen LogP contribution in [0.4, 0.5) is 23.2 Å². The van der Waals surface area contributed by atoms with Crippen molar-refractivity contribution in [1.82, 2.24) is 5.32 Å². The van der Waals surface area contributed by atoms with Gasteiger partial charge in [-0.05, 0) is 36.4 Å². The molecule has 0 atom stereocenters. The second-order valence-corrected chi connectivity index (χ2v) is 5.71. The number of halogens is 5. The van der Waals surface area contributed by atoms with E-state index in [1.165, 1.54) is 42.5 Å². The molecule has 4 nitrogen and oxygen atoms in total. The summed E-state index contributed by atoms with van der Waals surface area (Å²) in [6, 6.07) is 9.29. The molecule has 0 spiro atoms. The quantitative estimate of drug-likeness (QED) is 0.762. The number of nitrogens with one attached hydrogen (secondary N) is 2. The Bertz CT molecular complexity index is 787. The fraction of sp³-hybridized carbons (Fsp3) is 0.176. The minimum absolute atomic E-state index is 0.00407. The van der Waals surface area contributed by atoms with E-state index >= 15 is 0 Å². The van der Waals surface area contributed by atoms with Crippen LogP contribution in [0.2, 0.25) is 5.02 Å². The average molecular weight is 389 g/mol. The normalized spacial score (nSPS) is 11.1. The number of carbonyl (C=O) groups is 2. The maximum atomic E-state index is 13.7. The van der Waals surface area contributed by atoms with E-state index in [1.807, 2.05) is 0 Å². The van der Waals surface area contributed by atoms with Crippen molar-refractivity contribution in [3.63, 3.8) is 0 Å². The Morgan fingerprint density at radius 3 is 2.27 bits per heavy atom. The molecule has 0 radical (unpaired) electrons. The van der Waals surface area contributed by atoms with Gasteiger partial charge in [-0.3, -0.25) is 9.59 Å². The summed E-state index contributed by atoms with van der Waals surface area (Å²) in [4.78, 5) is 23.6. The summed E-state index contributed by atoms with van der Waals surface area (Å²) < 4.78 is 49.9. The first-order valence-electron chi connectivity index (χ1n) is 7.33. The lowest BCUT2D eigenvalue weighted by atomic mass is 10.1. The van der Waals surface area contributed by atoms with Gasteiger partial charge in [-0.1, -0.05) is 17.7 Å². The molecular weight excluding hydrogens is 376 g/mol.